The third-order valence-corrected chi connectivity index (χ3v) is 3.18. The molecular weight excluding hydrogens is 317 g/mol. The molecule has 0 radical (unpaired) electrons. The lowest BCUT2D eigenvalue weighted by molar-refractivity contribution is 0.0952. The summed E-state index contributed by atoms with van der Waals surface area (Å²) in [6, 6.07) is 0. The molecule has 0 aromatic carbocycles. The molecule has 0 fully saturated rings. The predicted molar refractivity (Wildman–Crippen MR) is 73.0 cm³/mol. The first kappa shape index (κ1) is 13.5. The number of carbonyl (C=O) groups excluding carboxylic acids is 1. The second-order valence-corrected chi connectivity index (χ2v) is 4.85. The van der Waals surface area contributed by atoms with Crippen molar-refractivity contribution in [2.45, 2.75) is 32.6 Å². The molecule has 1 rings (SSSR count). The molecule has 4 nitrogen and oxygen atoms in total. The van der Waals surface area contributed by atoms with Gasteiger partial charge in [-0.2, -0.15) is 5.10 Å². The number of carbonyl (C=O) groups is 1. The van der Waals surface area contributed by atoms with Gasteiger partial charge in [-0.1, -0.05) is 35.4 Å². The standard InChI is InChI=1S/C11H18IN3O/c1-9-10(8-14-15-9)11(16)13-7-5-3-2-4-6-12/h8H,2-7H2,1H3,(H,13,16)(H,14,15). The monoisotopic (exact) mass is 335 g/mol. The van der Waals surface area contributed by atoms with Crippen molar-refractivity contribution in [1.82, 2.24) is 15.5 Å². The summed E-state index contributed by atoms with van der Waals surface area (Å²) in [5.74, 6) is -0.0276. The number of aromatic nitrogens is 2. The maximum Gasteiger partial charge on any atom is 0.254 e. The number of aromatic amines is 1. The summed E-state index contributed by atoms with van der Waals surface area (Å²) in [4.78, 5) is 11.6. The van der Waals surface area contributed by atoms with E-state index in [1.165, 1.54) is 23.7 Å². The van der Waals surface area contributed by atoms with E-state index in [9.17, 15) is 4.79 Å². The van der Waals surface area contributed by atoms with Gasteiger partial charge in [0.15, 0.2) is 0 Å². The van der Waals surface area contributed by atoms with Gasteiger partial charge in [-0.3, -0.25) is 9.89 Å². The van der Waals surface area contributed by atoms with E-state index >= 15 is 0 Å². The zero-order valence-electron chi connectivity index (χ0n) is 9.55. The van der Waals surface area contributed by atoms with Gasteiger partial charge in [-0.15, -0.1) is 0 Å². The van der Waals surface area contributed by atoms with Crippen molar-refractivity contribution >= 4 is 28.5 Å². The average Bonchev–Trinajstić information content (AvgIpc) is 2.69. The molecular formula is C11H18IN3O. The van der Waals surface area contributed by atoms with Crippen molar-refractivity contribution in [2.24, 2.45) is 0 Å². The molecule has 1 heterocycles. The molecule has 0 atom stereocenters. The van der Waals surface area contributed by atoms with Crippen LogP contribution in [-0.4, -0.2) is 27.1 Å². The van der Waals surface area contributed by atoms with Crippen LogP contribution in [-0.2, 0) is 0 Å². The Morgan fingerprint density at radius 3 is 2.81 bits per heavy atom. The van der Waals surface area contributed by atoms with E-state index in [0.717, 1.165) is 18.7 Å². The lowest BCUT2D eigenvalue weighted by atomic mass is 10.2. The van der Waals surface area contributed by atoms with Crippen LogP contribution in [0.2, 0.25) is 0 Å². The SMILES string of the molecule is Cc1[nH]ncc1C(=O)NCCCCCCI. The van der Waals surface area contributed by atoms with Crippen molar-refractivity contribution in [2.75, 3.05) is 11.0 Å². The number of amides is 1. The van der Waals surface area contributed by atoms with Crippen molar-refractivity contribution in [1.29, 1.82) is 0 Å². The maximum absolute atomic E-state index is 11.6. The van der Waals surface area contributed by atoms with Gasteiger partial charge in [-0.25, -0.2) is 0 Å². The summed E-state index contributed by atoms with van der Waals surface area (Å²) in [5, 5.41) is 9.48. The minimum absolute atomic E-state index is 0.0276. The van der Waals surface area contributed by atoms with Crippen LogP contribution in [0.4, 0.5) is 0 Å². The van der Waals surface area contributed by atoms with Crippen LogP contribution in [0.5, 0.6) is 0 Å². The fraction of sp³-hybridized carbons (Fsp3) is 0.636. The van der Waals surface area contributed by atoms with Gasteiger partial charge < -0.3 is 5.32 Å². The summed E-state index contributed by atoms with van der Waals surface area (Å²) < 4.78 is 1.22. The Morgan fingerprint density at radius 1 is 1.44 bits per heavy atom. The smallest absolute Gasteiger partial charge is 0.254 e. The Balaban J connectivity index is 2.14. The van der Waals surface area contributed by atoms with Crippen molar-refractivity contribution in [3.05, 3.63) is 17.5 Å². The van der Waals surface area contributed by atoms with Crippen LogP contribution in [0.3, 0.4) is 0 Å². The van der Waals surface area contributed by atoms with Crippen LogP contribution in [0.25, 0.3) is 0 Å². The summed E-state index contributed by atoms with van der Waals surface area (Å²) >= 11 is 2.39. The lowest BCUT2D eigenvalue weighted by Crippen LogP contribution is -2.24. The highest BCUT2D eigenvalue weighted by molar-refractivity contribution is 14.1. The Morgan fingerprint density at radius 2 is 2.19 bits per heavy atom. The number of hydrogen-bond donors (Lipinski definition) is 2. The molecule has 5 heteroatoms. The number of halogens is 1. The fourth-order valence-corrected chi connectivity index (χ4v) is 1.99. The van der Waals surface area contributed by atoms with Gasteiger partial charge in [0.25, 0.3) is 5.91 Å². The van der Waals surface area contributed by atoms with Gasteiger partial charge in [0, 0.05) is 12.2 Å². The van der Waals surface area contributed by atoms with Crippen molar-refractivity contribution in [3.8, 4) is 0 Å². The van der Waals surface area contributed by atoms with Gasteiger partial charge in [0.2, 0.25) is 0 Å². The van der Waals surface area contributed by atoms with E-state index in [0.29, 0.717) is 5.56 Å². The highest BCUT2D eigenvalue weighted by Gasteiger charge is 2.09. The summed E-state index contributed by atoms with van der Waals surface area (Å²) in [5.41, 5.74) is 1.47. The minimum atomic E-state index is -0.0276. The first-order valence-electron chi connectivity index (χ1n) is 5.60. The number of aryl methyl sites for hydroxylation is 1. The third-order valence-electron chi connectivity index (χ3n) is 2.42. The topological polar surface area (TPSA) is 57.8 Å². The number of nitrogens with zero attached hydrogens (tertiary/aromatic N) is 1. The Hall–Kier alpha value is -0.590. The predicted octanol–water partition coefficient (Wildman–Crippen LogP) is 2.44. The second kappa shape index (κ2) is 7.65. The van der Waals surface area contributed by atoms with Crippen LogP contribution in [0, 0.1) is 6.92 Å². The van der Waals surface area contributed by atoms with Crippen molar-refractivity contribution in [3.63, 3.8) is 0 Å². The number of alkyl halides is 1. The van der Waals surface area contributed by atoms with E-state index in [2.05, 4.69) is 38.1 Å². The van der Waals surface area contributed by atoms with Crippen LogP contribution < -0.4 is 5.32 Å². The molecule has 0 spiro atoms. The first-order valence-corrected chi connectivity index (χ1v) is 7.12. The molecule has 1 aromatic heterocycles. The molecule has 0 saturated heterocycles. The average molecular weight is 335 g/mol. The van der Waals surface area contributed by atoms with Gasteiger partial charge in [-0.05, 0) is 24.2 Å². The molecule has 0 aliphatic carbocycles. The zero-order chi connectivity index (χ0) is 11.8. The summed E-state index contributed by atoms with van der Waals surface area (Å²) in [7, 11) is 0. The van der Waals surface area contributed by atoms with Gasteiger partial charge in [0.05, 0.1) is 11.8 Å². The molecule has 90 valence electrons. The van der Waals surface area contributed by atoms with Crippen LogP contribution in [0.15, 0.2) is 6.20 Å². The largest absolute Gasteiger partial charge is 0.352 e. The second-order valence-electron chi connectivity index (χ2n) is 3.77. The minimum Gasteiger partial charge on any atom is -0.352 e. The Bertz CT molecular complexity index is 325. The number of nitrogens with one attached hydrogen (secondary N) is 2. The molecule has 0 unspecified atom stereocenters. The number of unbranched alkanes of at least 4 members (excludes halogenated alkanes) is 3. The molecule has 0 aliphatic rings. The highest BCUT2D eigenvalue weighted by Crippen LogP contribution is 2.03. The van der Waals surface area contributed by atoms with Crippen LogP contribution >= 0.6 is 22.6 Å². The third kappa shape index (κ3) is 4.51. The van der Waals surface area contributed by atoms with Crippen LogP contribution in [0.1, 0.15) is 41.7 Å². The number of H-pyrrole nitrogens is 1. The van der Waals surface area contributed by atoms with E-state index < -0.39 is 0 Å². The molecule has 16 heavy (non-hydrogen) atoms. The Labute approximate surface area is 110 Å². The zero-order valence-corrected chi connectivity index (χ0v) is 11.7. The molecule has 0 aliphatic heterocycles. The lowest BCUT2D eigenvalue weighted by Gasteiger charge is -2.03. The van der Waals surface area contributed by atoms with E-state index in [1.54, 1.807) is 6.20 Å². The Kier molecular flexibility index (Phi) is 6.44. The van der Waals surface area contributed by atoms with Crippen molar-refractivity contribution < 1.29 is 4.79 Å². The summed E-state index contributed by atoms with van der Waals surface area (Å²) in [6.45, 7) is 2.60. The molecule has 0 bridgehead atoms. The van der Waals surface area contributed by atoms with Gasteiger partial charge >= 0.3 is 0 Å². The molecule has 1 amide bonds. The van der Waals surface area contributed by atoms with E-state index in [-0.39, 0.29) is 5.91 Å². The molecule has 0 saturated carbocycles. The summed E-state index contributed by atoms with van der Waals surface area (Å²) in [6.07, 6.45) is 6.34. The van der Waals surface area contributed by atoms with E-state index in [4.69, 9.17) is 0 Å². The number of hydrogen-bond acceptors (Lipinski definition) is 2. The molecule has 2 N–H and O–H groups in total. The quantitative estimate of drug-likeness (QED) is 0.457. The number of rotatable bonds is 7. The first-order chi connectivity index (χ1) is 7.75. The fourth-order valence-electron chi connectivity index (χ4n) is 1.45. The van der Waals surface area contributed by atoms with E-state index in [1.807, 2.05) is 6.92 Å². The maximum atomic E-state index is 11.6. The van der Waals surface area contributed by atoms with Gasteiger partial charge in [0.1, 0.15) is 0 Å². The highest BCUT2D eigenvalue weighted by atomic mass is 127. The normalized spacial score (nSPS) is 10.4. The molecule has 1 aromatic rings.